The summed E-state index contributed by atoms with van der Waals surface area (Å²) >= 11 is 0. The molecule has 23 heavy (non-hydrogen) atoms. The van der Waals surface area contributed by atoms with E-state index in [-0.39, 0.29) is 10.6 Å². The van der Waals surface area contributed by atoms with E-state index in [1.54, 1.807) is 30.5 Å². The molecular formula is C15H12N4O3S. The van der Waals surface area contributed by atoms with Crippen LogP contribution in [-0.4, -0.2) is 18.5 Å². The topological polar surface area (TPSA) is 118 Å². The number of aromatic hydroxyl groups is 1. The van der Waals surface area contributed by atoms with E-state index in [1.165, 1.54) is 24.3 Å². The van der Waals surface area contributed by atoms with Gasteiger partial charge in [0.2, 0.25) is 10.0 Å². The van der Waals surface area contributed by atoms with Crippen LogP contribution in [0.3, 0.4) is 0 Å². The van der Waals surface area contributed by atoms with Crippen molar-refractivity contribution in [3.05, 3.63) is 54.7 Å². The number of rotatable bonds is 3. The Morgan fingerprint density at radius 2 is 1.87 bits per heavy atom. The second-order valence-corrected chi connectivity index (χ2v) is 6.31. The third-order valence-electron chi connectivity index (χ3n) is 3.14. The van der Waals surface area contributed by atoms with Crippen LogP contribution in [0.25, 0.3) is 10.9 Å². The van der Waals surface area contributed by atoms with Crippen molar-refractivity contribution < 1.29 is 13.5 Å². The summed E-state index contributed by atoms with van der Waals surface area (Å²) in [5.41, 5.74) is 1.27. The average Bonchev–Trinajstić information content (AvgIpc) is 2.54. The number of azo groups is 1. The van der Waals surface area contributed by atoms with Gasteiger partial charge in [-0.2, -0.15) is 5.11 Å². The smallest absolute Gasteiger partial charge is 0.238 e. The van der Waals surface area contributed by atoms with E-state index in [4.69, 9.17) is 5.14 Å². The maximum Gasteiger partial charge on any atom is 0.238 e. The van der Waals surface area contributed by atoms with Crippen LogP contribution >= 0.6 is 0 Å². The molecule has 7 nitrogen and oxygen atoms in total. The van der Waals surface area contributed by atoms with E-state index in [2.05, 4.69) is 15.2 Å². The van der Waals surface area contributed by atoms with E-state index in [1.807, 2.05) is 0 Å². The fourth-order valence-corrected chi connectivity index (χ4v) is 2.62. The molecule has 0 saturated heterocycles. The predicted octanol–water partition coefficient (Wildman–Crippen LogP) is 3.00. The van der Waals surface area contributed by atoms with Gasteiger partial charge in [0.1, 0.15) is 11.3 Å². The van der Waals surface area contributed by atoms with Gasteiger partial charge in [0.25, 0.3) is 0 Å². The summed E-state index contributed by atoms with van der Waals surface area (Å²) in [7, 11) is -3.79. The lowest BCUT2D eigenvalue weighted by atomic mass is 10.2. The average molecular weight is 328 g/mol. The molecule has 0 radical (unpaired) electrons. The molecular weight excluding hydrogens is 316 g/mol. The Balaban J connectivity index is 2.03. The molecule has 8 heteroatoms. The second kappa shape index (κ2) is 5.75. The van der Waals surface area contributed by atoms with Crippen molar-refractivity contribution >= 4 is 32.3 Å². The summed E-state index contributed by atoms with van der Waals surface area (Å²) in [5, 5.41) is 23.7. The van der Waals surface area contributed by atoms with Crippen molar-refractivity contribution in [3.63, 3.8) is 0 Å². The van der Waals surface area contributed by atoms with Gasteiger partial charge in [0.15, 0.2) is 0 Å². The molecule has 0 fully saturated rings. The van der Waals surface area contributed by atoms with Crippen molar-refractivity contribution in [3.8, 4) is 5.75 Å². The lowest BCUT2D eigenvalue weighted by molar-refractivity contribution is 0.480. The first-order valence-electron chi connectivity index (χ1n) is 6.56. The highest BCUT2D eigenvalue weighted by atomic mass is 32.2. The Kier molecular flexibility index (Phi) is 3.77. The molecule has 3 aromatic rings. The third kappa shape index (κ3) is 3.17. The standard InChI is InChI=1S/C15H12N4O3S/c16-23(21,22)11-4-1-3-10(9-11)18-19-13-6-7-14(20)15-12(13)5-2-8-17-15/h1-9,20H,(H2,16,21,22). The summed E-state index contributed by atoms with van der Waals surface area (Å²) in [5.74, 6) is 0.0516. The molecule has 0 saturated carbocycles. The first kappa shape index (κ1) is 15.1. The van der Waals surface area contributed by atoms with Crippen LogP contribution in [0.15, 0.2) is 69.9 Å². The fourth-order valence-electron chi connectivity index (χ4n) is 2.06. The maximum atomic E-state index is 11.3. The van der Waals surface area contributed by atoms with Gasteiger partial charge in [-0.1, -0.05) is 6.07 Å². The number of nitrogens with two attached hydrogens (primary N) is 1. The van der Waals surface area contributed by atoms with Crippen LogP contribution in [0.1, 0.15) is 0 Å². The normalized spacial score (nSPS) is 12.0. The second-order valence-electron chi connectivity index (χ2n) is 4.75. The molecule has 2 aromatic carbocycles. The number of pyridine rings is 1. The van der Waals surface area contributed by atoms with Crippen LogP contribution in [0.5, 0.6) is 5.75 Å². The van der Waals surface area contributed by atoms with Crippen molar-refractivity contribution in [1.82, 2.24) is 4.98 Å². The minimum Gasteiger partial charge on any atom is -0.506 e. The van der Waals surface area contributed by atoms with Gasteiger partial charge in [-0.15, -0.1) is 5.11 Å². The first-order valence-corrected chi connectivity index (χ1v) is 8.11. The van der Waals surface area contributed by atoms with Crippen LogP contribution in [0.4, 0.5) is 11.4 Å². The molecule has 0 bridgehead atoms. The number of phenols is 1. The number of hydrogen-bond acceptors (Lipinski definition) is 6. The van der Waals surface area contributed by atoms with Crippen molar-refractivity contribution in [1.29, 1.82) is 0 Å². The fraction of sp³-hybridized carbons (Fsp3) is 0. The Bertz CT molecular complexity index is 1020. The van der Waals surface area contributed by atoms with Gasteiger partial charge in [-0.3, -0.25) is 4.98 Å². The van der Waals surface area contributed by atoms with Crippen LogP contribution in [0.2, 0.25) is 0 Å². The Morgan fingerprint density at radius 3 is 2.65 bits per heavy atom. The molecule has 0 aliphatic heterocycles. The minimum absolute atomic E-state index is 0.0359. The zero-order valence-electron chi connectivity index (χ0n) is 11.8. The Labute approximate surface area is 132 Å². The molecule has 0 spiro atoms. The lowest BCUT2D eigenvalue weighted by Gasteiger charge is -2.02. The number of primary sulfonamides is 1. The number of fused-ring (bicyclic) bond motifs is 1. The van der Waals surface area contributed by atoms with E-state index >= 15 is 0 Å². The number of benzene rings is 2. The summed E-state index contributed by atoms with van der Waals surface area (Å²) in [6.45, 7) is 0. The summed E-state index contributed by atoms with van der Waals surface area (Å²) in [6, 6.07) is 12.4. The van der Waals surface area contributed by atoms with E-state index in [0.717, 1.165) is 0 Å². The predicted molar refractivity (Wildman–Crippen MR) is 85.4 cm³/mol. The maximum absolute atomic E-state index is 11.3. The first-order chi connectivity index (χ1) is 10.9. The number of sulfonamides is 1. The molecule has 0 atom stereocenters. The largest absolute Gasteiger partial charge is 0.506 e. The molecule has 0 aliphatic carbocycles. The quantitative estimate of drug-likeness (QED) is 0.718. The number of nitrogens with zero attached hydrogens (tertiary/aromatic N) is 3. The van der Waals surface area contributed by atoms with Crippen LogP contribution in [0, 0.1) is 0 Å². The molecule has 0 unspecified atom stereocenters. The summed E-state index contributed by atoms with van der Waals surface area (Å²) < 4.78 is 22.7. The zero-order chi connectivity index (χ0) is 16.4. The highest BCUT2D eigenvalue weighted by Crippen LogP contribution is 2.32. The monoisotopic (exact) mass is 328 g/mol. The van der Waals surface area contributed by atoms with Gasteiger partial charge in [0, 0.05) is 11.6 Å². The van der Waals surface area contributed by atoms with E-state index < -0.39 is 10.0 Å². The number of aromatic nitrogens is 1. The third-order valence-corrected chi connectivity index (χ3v) is 4.06. The zero-order valence-corrected chi connectivity index (χ0v) is 12.6. The van der Waals surface area contributed by atoms with Crippen molar-refractivity contribution in [2.75, 3.05) is 0 Å². The van der Waals surface area contributed by atoms with Crippen molar-refractivity contribution in [2.24, 2.45) is 15.4 Å². The van der Waals surface area contributed by atoms with Gasteiger partial charge < -0.3 is 5.11 Å². The molecule has 0 aliphatic rings. The Morgan fingerprint density at radius 1 is 1.04 bits per heavy atom. The molecule has 1 aromatic heterocycles. The van der Waals surface area contributed by atoms with Crippen LogP contribution in [-0.2, 0) is 10.0 Å². The highest BCUT2D eigenvalue weighted by Gasteiger charge is 2.08. The molecule has 3 rings (SSSR count). The number of phenolic OH excluding ortho intramolecular Hbond substituents is 1. The van der Waals surface area contributed by atoms with Gasteiger partial charge >= 0.3 is 0 Å². The van der Waals surface area contributed by atoms with Gasteiger partial charge in [-0.25, -0.2) is 13.6 Å². The SMILES string of the molecule is NS(=O)(=O)c1cccc(N=Nc2ccc(O)c3ncccc23)c1. The van der Waals surface area contributed by atoms with E-state index in [9.17, 15) is 13.5 Å². The highest BCUT2D eigenvalue weighted by molar-refractivity contribution is 7.89. The molecule has 116 valence electrons. The number of hydrogen-bond donors (Lipinski definition) is 2. The summed E-state index contributed by atoms with van der Waals surface area (Å²) in [4.78, 5) is 4.06. The lowest BCUT2D eigenvalue weighted by Crippen LogP contribution is -2.11. The van der Waals surface area contributed by atoms with Crippen LogP contribution < -0.4 is 5.14 Å². The van der Waals surface area contributed by atoms with Crippen molar-refractivity contribution in [2.45, 2.75) is 4.90 Å². The molecule has 3 N–H and O–H groups in total. The van der Waals surface area contributed by atoms with E-state index in [0.29, 0.717) is 22.3 Å². The Hall–Kier alpha value is -2.84. The molecule has 0 amide bonds. The molecule has 1 heterocycles. The summed E-state index contributed by atoms with van der Waals surface area (Å²) in [6.07, 6.45) is 1.57. The van der Waals surface area contributed by atoms with Gasteiger partial charge in [-0.05, 0) is 42.5 Å². The minimum atomic E-state index is -3.79. The van der Waals surface area contributed by atoms with Gasteiger partial charge in [0.05, 0.1) is 16.3 Å².